The molecule has 0 aromatic rings. The van der Waals surface area contributed by atoms with Gasteiger partial charge in [-0.15, -0.1) is 0 Å². The summed E-state index contributed by atoms with van der Waals surface area (Å²) in [6.45, 7) is 10.2. The Labute approximate surface area is 109 Å². The lowest BCUT2D eigenvalue weighted by molar-refractivity contribution is -0.0627. The van der Waals surface area contributed by atoms with Gasteiger partial charge >= 0.3 is 0 Å². The van der Waals surface area contributed by atoms with Gasteiger partial charge in [-0.05, 0) is 41.6 Å². The predicted octanol–water partition coefficient (Wildman–Crippen LogP) is 1.47. The van der Waals surface area contributed by atoms with Crippen LogP contribution in [0.4, 0.5) is 0 Å². The van der Waals surface area contributed by atoms with E-state index in [0.29, 0.717) is 12.0 Å². The molecule has 3 fully saturated rings. The highest BCUT2D eigenvalue weighted by atomic mass is 16.3. The van der Waals surface area contributed by atoms with Crippen LogP contribution in [0, 0.1) is 22.7 Å². The first-order chi connectivity index (χ1) is 8.14. The van der Waals surface area contributed by atoms with E-state index in [9.17, 15) is 15.3 Å². The summed E-state index contributed by atoms with van der Waals surface area (Å²) < 4.78 is 0. The number of hydrogen-bond acceptors (Lipinski definition) is 3. The van der Waals surface area contributed by atoms with Crippen molar-refractivity contribution < 1.29 is 15.3 Å². The quantitative estimate of drug-likeness (QED) is 0.572. The summed E-state index contributed by atoms with van der Waals surface area (Å²) in [5.41, 5.74) is -0.783. The van der Waals surface area contributed by atoms with E-state index in [0.717, 1.165) is 12.8 Å². The van der Waals surface area contributed by atoms with Gasteiger partial charge < -0.3 is 15.3 Å². The highest BCUT2D eigenvalue weighted by Gasteiger charge is 2.72. The molecule has 0 amide bonds. The number of rotatable bonds is 0. The standard InChI is InChI=1S/C15H24O3/c1-8-10(16)5-9-6-14(4)7-11(17)13(2,3)12(14)15(8,9)18/h9-12,16-18H,1,5-7H2,2-4H3/t9-,10-,11?,12-,14+,15+/m0/s1. The molecule has 0 heterocycles. The fourth-order valence-electron chi connectivity index (χ4n) is 5.56. The fourth-order valence-corrected chi connectivity index (χ4v) is 5.56. The number of aliphatic hydroxyl groups is 3. The molecule has 0 bridgehead atoms. The Morgan fingerprint density at radius 1 is 1.17 bits per heavy atom. The minimum absolute atomic E-state index is 0.0119. The van der Waals surface area contributed by atoms with E-state index < -0.39 is 11.7 Å². The van der Waals surface area contributed by atoms with Gasteiger partial charge in [0.1, 0.15) is 0 Å². The zero-order chi connectivity index (χ0) is 13.5. The van der Waals surface area contributed by atoms with Crippen LogP contribution >= 0.6 is 0 Å². The average molecular weight is 252 g/mol. The fraction of sp³-hybridized carbons (Fsp3) is 0.867. The van der Waals surface area contributed by atoms with Gasteiger partial charge in [-0.3, -0.25) is 0 Å². The van der Waals surface area contributed by atoms with Crippen LogP contribution in [0.2, 0.25) is 0 Å². The molecule has 3 aliphatic rings. The maximum Gasteiger partial charge on any atom is 0.0947 e. The number of hydrogen-bond donors (Lipinski definition) is 3. The average Bonchev–Trinajstić information content (AvgIpc) is 2.64. The Bertz CT molecular complexity index is 416. The number of aliphatic hydroxyl groups excluding tert-OH is 2. The molecule has 3 aliphatic carbocycles. The SMILES string of the molecule is C=C1[C@@H](O)C[C@H]2C[C@]3(C)CC(O)C(C)(C)[C@@H]3[C@@]12O. The van der Waals surface area contributed by atoms with Gasteiger partial charge in [-0.25, -0.2) is 0 Å². The Hall–Kier alpha value is -0.380. The van der Waals surface area contributed by atoms with Gasteiger partial charge in [-0.2, -0.15) is 0 Å². The summed E-state index contributed by atoms with van der Waals surface area (Å²) in [6, 6.07) is 0. The second kappa shape index (κ2) is 3.20. The highest BCUT2D eigenvalue weighted by molar-refractivity contribution is 5.35. The lowest BCUT2D eigenvalue weighted by atomic mass is 9.66. The summed E-state index contributed by atoms with van der Waals surface area (Å²) in [7, 11) is 0. The Morgan fingerprint density at radius 2 is 1.78 bits per heavy atom. The van der Waals surface area contributed by atoms with E-state index in [4.69, 9.17) is 0 Å². The molecular formula is C15H24O3. The Kier molecular flexibility index (Phi) is 2.24. The Morgan fingerprint density at radius 3 is 2.39 bits per heavy atom. The molecular weight excluding hydrogens is 228 g/mol. The highest BCUT2D eigenvalue weighted by Crippen LogP contribution is 2.71. The summed E-state index contributed by atoms with van der Waals surface area (Å²) in [5, 5.41) is 31.5. The summed E-state index contributed by atoms with van der Waals surface area (Å²) in [6.07, 6.45) is 1.27. The van der Waals surface area contributed by atoms with Crippen LogP contribution in [0.25, 0.3) is 0 Å². The first kappa shape index (κ1) is 12.6. The topological polar surface area (TPSA) is 60.7 Å². The van der Waals surface area contributed by atoms with Crippen molar-refractivity contribution in [3.05, 3.63) is 12.2 Å². The second-order valence-electron chi connectivity index (χ2n) is 7.63. The summed E-state index contributed by atoms with van der Waals surface area (Å²) >= 11 is 0. The predicted molar refractivity (Wildman–Crippen MR) is 68.8 cm³/mol. The molecule has 0 aromatic heterocycles. The molecule has 0 radical (unpaired) electrons. The minimum Gasteiger partial charge on any atom is -0.393 e. The second-order valence-corrected chi connectivity index (χ2v) is 7.63. The van der Waals surface area contributed by atoms with E-state index in [-0.39, 0.29) is 28.8 Å². The van der Waals surface area contributed by atoms with Crippen molar-refractivity contribution in [3.63, 3.8) is 0 Å². The van der Waals surface area contributed by atoms with Crippen molar-refractivity contribution in [2.24, 2.45) is 22.7 Å². The lowest BCUT2D eigenvalue weighted by Gasteiger charge is -2.42. The monoisotopic (exact) mass is 252 g/mol. The first-order valence-corrected chi connectivity index (χ1v) is 6.92. The molecule has 0 saturated heterocycles. The van der Waals surface area contributed by atoms with E-state index in [2.05, 4.69) is 13.5 Å². The van der Waals surface area contributed by atoms with Crippen LogP contribution in [-0.4, -0.2) is 33.1 Å². The minimum atomic E-state index is -0.991. The molecule has 0 spiro atoms. The summed E-state index contributed by atoms with van der Waals surface area (Å²) in [4.78, 5) is 0. The number of fused-ring (bicyclic) bond motifs is 3. The van der Waals surface area contributed by atoms with E-state index in [1.54, 1.807) is 0 Å². The van der Waals surface area contributed by atoms with Gasteiger partial charge in [0.2, 0.25) is 0 Å². The molecule has 6 atom stereocenters. The van der Waals surface area contributed by atoms with E-state index in [1.807, 2.05) is 13.8 Å². The largest absolute Gasteiger partial charge is 0.393 e. The molecule has 3 saturated carbocycles. The smallest absolute Gasteiger partial charge is 0.0947 e. The van der Waals surface area contributed by atoms with Gasteiger partial charge in [0.15, 0.2) is 0 Å². The van der Waals surface area contributed by atoms with Crippen LogP contribution in [0.5, 0.6) is 0 Å². The summed E-state index contributed by atoms with van der Waals surface area (Å²) in [5.74, 6) is 0.0870. The van der Waals surface area contributed by atoms with Crippen LogP contribution in [0.3, 0.4) is 0 Å². The van der Waals surface area contributed by atoms with Crippen molar-refractivity contribution in [2.45, 2.75) is 57.8 Å². The molecule has 3 N–H and O–H groups in total. The normalized spacial score (nSPS) is 57.8. The van der Waals surface area contributed by atoms with Crippen LogP contribution < -0.4 is 0 Å². The van der Waals surface area contributed by atoms with Crippen molar-refractivity contribution in [3.8, 4) is 0 Å². The van der Waals surface area contributed by atoms with Gasteiger partial charge in [0, 0.05) is 5.92 Å². The molecule has 18 heavy (non-hydrogen) atoms. The van der Waals surface area contributed by atoms with Crippen molar-refractivity contribution in [2.75, 3.05) is 0 Å². The van der Waals surface area contributed by atoms with Crippen LogP contribution in [0.1, 0.15) is 40.0 Å². The van der Waals surface area contributed by atoms with Gasteiger partial charge in [0.05, 0.1) is 17.8 Å². The van der Waals surface area contributed by atoms with Crippen LogP contribution in [0.15, 0.2) is 12.2 Å². The molecule has 3 nitrogen and oxygen atoms in total. The van der Waals surface area contributed by atoms with Gasteiger partial charge in [0.25, 0.3) is 0 Å². The third-order valence-electron chi connectivity index (χ3n) is 6.16. The van der Waals surface area contributed by atoms with Crippen LogP contribution in [-0.2, 0) is 0 Å². The molecule has 3 rings (SSSR count). The van der Waals surface area contributed by atoms with E-state index >= 15 is 0 Å². The maximum absolute atomic E-state index is 11.2. The third-order valence-corrected chi connectivity index (χ3v) is 6.16. The maximum atomic E-state index is 11.2. The lowest BCUT2D eigenvalue weighted by Crippen LogP contribution is -2.48. The zero-order valence-corrected chi connectivity index (χ0v) is 11.5. The Balaban J connectivity index is 2.12. The van der Waals surface area contributed by atoms with Gasteiger partial charge in [-0.1, -0.05) is 27.4 Å². The molecule has 0 aliphatic heterocycles. The zero-order valence-electron chi connectivity index (χ0n) is 11.5. The van der Waals surface area contributed by atoms with Crippen molar-refractivity contribution in [1.29, 1.82) is 0 Å². The molecule has 0 aromatic carbocycles. The molecule has 102 valence electrons. The molecule has 1 unspecified atom stereocenters. The first-order valence-electron chi connectivity index (χ1n) is 6.92. The van der Waals surface area contributed by atoms with Crippen molar-refractivity contribution in [1.82, 2.24) is 0 Å². The van der Waals surface area contributed by atoms with Crippen molar-refractivity contribution >= 4 is 0 Å². The van der Waals surface area contributed by atoms with E-state index in [1.165, 1.54) is 0 Å². The molecule has 3 heteroatoms. The third kappa shape index (κ3) is 1.16.